The fraction of sp³-hybridized carbons (Fsp3) is 0. The summed E-state index contributed by atoms with van der Waals surface area (Å²) < 4.78 is 1.18. The van der Waals surface area contributed by atoms with Crippen LogP contribution in [0.4, 0.5) is 0 Å². The number of hydrogen-bond acceptors (Lipinski definition) is 2. The third kappa shape index (κ3) is 1.73. The minimum atomic E-state index is -0.475. The lowest BCUT2D eigenvalue weighted by Gasteiger charge is -2.04. The maximum absolute atomic E-state index is 11.3. The number of nitrogens with one attached hydrogen (secondary N) is 1. The van der Waals surface area contributed by atoms with E-state index in [1.807, 2.05) is 0 Å². The lowest BCUT2D eigenvalue weighted by atomic mass is 10.3. The van der Waals surface area contributed by atoms with Crippen molar-refractivity contribution in [2.24, 2.45) is 0 Å². The Morgan fingerprint density at radius 2 is 2.07 bits per heavy atom. The summed E-state index contributed by atoms with van der Waals surface area (Å²) in [5.74, 6) is -0.226. The van der Waals surface area contributed by atoms with Crippen molar-refractivity contribution in [3.63, 3.8) is 0 Å². The Kier molecular flexibility index (Phi) is 2.46. The van der Waals surface area contributed by atoms with E-state index in [9.17, 15) is 4.79 Å². The van der Waals surface area contributed by atoms with Gasteiger partial charge < -0.3 is 5.11 Å². The van der Waals surface area contributed by atoms with Gasteiger partial charge in [0.1, 0.15) is 0 Å². The Labute approximate surface area is 94.7 Å². The van der Waals surface area contributed by atoms with Gasteiger partial charge in [0.15, 0.2) is 0 Å². The molecule has 0 spiro atoms. The molecule has 1 heterocycles. The standard InChI is InChI=1S/C9H6Cl2N2O2/c10-5-2-1-3-6(8(5)11)13-4-7(14)12-9(13)15/h1-4,14H,(H,12,15). The molecule has 0 fully saturated rings. The molecule has 1 aromatic heterocycles. The van der Waals surface area contributed by atoms with Crippen molar-refractivity contribution in [2.45, 2.75) is 0 Å². The lowest BCUT2D eigenvalue weighted by molar-refractivity contribution is 0.455. The van der Waals surface area contributed by atoms with Crippen LogP contribution in [-0.2, 0) is 0 Å². The number of imidazole rings is 1. The fourth-order valence-corrected chi connectivity index (χ4v) is 1.63. The molecule has 0 amide bonds. The molecule has 2 N–H and O–H groups in total. The molecular formula is C9H6Cl2N2O2. The highest BCUT2D eigenvalue weighted by molar-refractivity contribution is 6.43. The predicted molar refractivity (Wildman–Crippen MR) is 58.1 cm³/mol. The minimum absolute atomic E-state index is 0.226. The first kappa shape index (κ1) is 10.1. The highest BCUT2D eigenvalue weighted by Crippen LogP contribution is 2.27. The summed E-state index contributed by atoms with van der Waals surface area (Å²) in [5, 5.41) is 9.72. The summed E-state index contributed by atoms with van der Waals surface area (Å²) in [7, 11) is 0. The van der Waals surface area contributed by atoms with Gasteiger partial charge in [-0.25, -0.2) is 4.79 Å². The zero-order chi connectivity index (χ0) is 11.0. The topological polar surface area (TPSA) is 58.0 Å². The van der Waals surface area contributed by atoms with Gasteiger partial charge in [0.2, 0.25) is 5.88 Å². The van der Waals surface area contributed by atoms with Crippen LogP contribution < -0.4 is 5.69 Å². The number of rotatable bonds is 1. The van der Waals surface area contributed by atoms with Crippen molar-refractivity contribution in [1.82, 2.24) is 9.55 Å². The van der Waals surface area contributed by atoms with Gasteiger partial charge in [0.05, 0.1) is 21.9 Å². The quantitative estimate of drug-likeness (QED) is 0.808. The first-order valence-corrected chi connectivity index (χ1v) is 4.80. The normalized spacial score (nSPS) is 10.5. The zero-order valence-electron chi connectivity index (χ0n) is 7.37. The highest BCUT2D eigenvalue weighted by Gasteiger charge is 2.09. The molecule has 1 aromatic carbocycles. The molecular weight excluding hydrogens is 239 g/mol. The summed E-state index contributed by atoms with van der Waals surface area (Å²) in [6.45, 7) is 0. The van der Waals surface area contributed by atoms with Crippen LogP contribution in [-0.4, -0.2) is 14.7 Å². The van der Waals surface area contributed by atoms with E-state index >= 15 is 0 Å². The van der Waals surface area contributed by atoms with Crippen LogP contribution >= 0.6 is 23.2 Å². The average molecular weight is 245 g/mol. The molecule has 0 aliphatic carbocycles. The molecule has 0 atom stereocenters. The maximum atomic E-state index is 11.3. The summed E-state index contributed by atoms with van der Waals surface area (Å²) in [4.78, 5) is 13.6. The smallest absolute Gasteiger partial charge is 0.333 e. The number of aromatic hydroxyl groups is 1. The maximum Gasteiger partial charge on any atom is 0.333 e. The number of hydrogen-bond donors (Lipinski definition) is 2. The molecule has 0 bridgehead atoms. The van der Waals surface area contributed by atoms with E-state index in [2.05, 4.69) is 4.98 Å². The van der Waals surface area contributed by atoms with Crippen LogP contribution in [0.25, 0.3) is 5.69 Å². The van der Waals surface area contributed by atoms with Crippen LogP contribution in [0.3, 0.4) is 0 Å². The Bertz CT molecular complexity index is 559. The van der Waals surface area contributed by atoms with Crippen LogP contribution in [0.1, 0.15) is 0 Å². The second kappa shape index (κ2) is 3.64. The van der Waals surface area contributed by atoms with Gasteiger partial charge in [0, 0.05) is 0 Å². The second-order valence-electron chi connectivity index (χ2n) is 2.89. The molecule has 2 aromatic rings. The van der Waals surface area contributed by atoms with E-state index in [0.717, 1.165) is 0 Å². The first-order valence-electron chi connectivity index (χ1n) is 4.04. The summed E-state index contributed by atoms with van der Waals surface area (Å²) >= 11 is 11.7. The van der Waals surface area contributed by atoms with Crippen LogP contribution in [0.5, 0.6) is 5.88 Å². The third-order valence-electron chi connectivity index (χ3n) is 1.90. The number of halogens is 2. The van der Waals surface area contributed by atoms with Crippen molar-refractivity contribution in [3.05, 3.63) is 44.9 Å². The van der Waals surface area contributed by atoms with Gasteiger partial charge in [-0.2, -0.15) is 0 Å². The molecule has 6 heteroatoms. The summed E-state index contributed by atoms with van der Waals surface area (Å²) in [6, 6.07) is 4.91. The Morgan fingerprint density at radius 3 is 2.67 bits per heavy atom. The van der Waals surface area contributed by atoms with Gasteiger partial charge in [-0.05, 0) is 12.1 Å². The van der Waals surface area contributed by atoms with Gasteiger partial charge >= 0.3 is 5.69 Å². The molecule has 15 heavy (non-hydrogen) atoms. The fourth-order valence-electron chi connectivity index (χ4n) is 1.24. The monoisotopic (exact) mass is 244 g/mol. The van der Waals surface area contributed by atoms with Crippen LogP contribution in [0.15, 0.2) is 29.2 Å². The average Bonchev–Trinajstić information content (AvgIpc) is 2.50. The van der Waals surface area contributed by atoms with Crippen molar-refractivity contribution < 1.29 is 5.11 Å². The van der Waals surface area contributed by atoms with Crippen LogP contribution in [0.2, 0.25) is 10.0 Å². The van der Waals surface area contributed by atoms with E-state index in [1.54, 1.807) is 18.2 Å². The molecule has 2 rings (SSSR count). The van der Waals surface area contributed by atoms with E-state index in [4.69, 9.17) is 28.3 Å². The molecule has 0 unspecified atom stereocenters. The number of aromatic amines is 1. The Balaban J connectivity index is 2.69. The van der Waals surface area contributed by atoms with Gasteiger partial charge in [-0.1, -0.05) is 29.3 Å². The van der Waals surface area contributed by atoms with E-state index in [1.165, 1.54) is 10.8 Å². The molecule has 0 saturated carbocycles. The first-order chi connectivity index (χ1) is 7.09. The van der Waals surface area contributed by atoms with Crippen molar-refractivity contribution in [2.75, 3.05) is 0 Å². The minimum Gasteiger partial charge on any atom is -0.493 e. The molecule has 0 aliphatic rings. The van der Waals surface area contributed by atoms with Crippen molar-refractivity contribution in [1.29, 1.82) is 0 Å². The lowest BCUT2D eigenvalue weighted by Crippen LogP contribution is -2.14. The van der Waals surface area contributed by atoms with Crippen LogP contribution in [0, 0.1) is 0 Å². The number of aromatic nitrogens is 2. The molecule has 4 nitrogen and oxygen atoms in total. The van der Waals surface area contributed by atoms with E-state index < -0.39 is 5.69 Å². The third-order valence-corrected chi connectivity index (χ3v) is 2.70. The van der Waals surface area contributed by atoms with Gasteiger partial charge in [-0.3, -0.25) is 9.55 Å². The van der Waals surface area contributed by atoms with Gasteiger partial charge in [-0.15, -0.1) is 0 Å². The Hall–Kier alpha value is -1.39. The van der Waals surface area contributed by atoms with Crippen molar-refractivity contribution in [3.8, 4) is 11.6 Å². The summed E-state index contributed by atoms with van der Waals surface area (Å²) in [5.41, 5.74) is -0.0533. The highest BCUT2D eigenvalue weighted by atomic mass is 35.5. The predicted octanol–water partition coefficient (Wildman–Crippen LogP) is 2.18. The molecule has 78 valence electrons. The number of nitrogens with zero attached hydrogens (tertiary/aromatic N) is 1. The largest absolute Gasteiger partial charge is 0.493 e. The number of benzene rings is 1. The summed E-state index contributed by atoms with van der Waals surface area (Å²) in [6.07, 6.45) is 1.24. The number of H-pyrrole nitrogens is 1. The molecule has 0 saturated heterocycles. The van der Waals surface area contributed by atoms with Crippen molar-refractivity contribution >= 4 is 23.2 Å². The van der Waals surface area contributed by atoms with E-state index in [0.29, 0.717) is 10.7 Å². The molecule has 0 aliphatic heterocycles. The Morgan fingerprint density at radius 1 is 1.33 bits per heavy atom. The zero-order valence-corrected chi connectivity index (χ0v) is 8.88. The SMILES string of the molecule is O=c1[nH]c(O)cn1-c1cccc(Cl)c1Cl. The van der Waals surface area contributed by atoms with E-state index in [-0.39, 0.29) is 10.9 Å². The molecule has 0 radical (unpaired) electrons. The van der Waals surface area contributed by atoms with Gasteiger partial charge in [0.25, 0.3) is 0 Å². The second-order valence-corrected chi connectivity index (χ2v) is 3.67.